The van der Waals surface area contributed by atoms with Gasteiger partial charge in [0.05, 0.1) is 0 Å². The van der Waals surface area contributed by atoms with Crippen LogP contribution in [0.4, 0.5) is 0 Å². The number of likely N-dealkylation sites (tertiary alicyclic amines) is 1. The Bertz CT molecular complexity index is 475. The summed E-state index contributed by atoms with van der Waals surface area (Å²) in [5.74, 6) is 0.337. The highest BCUT2D eigenvalue weighted by Crippen LogP contribution is 2.20. The largest absolute Gasteiger partial charge is 0.341 e. The van der Waals surface area contributed by atoms with Crippen molar-refractivity contribution in [2.45, 2.75) is 39.3 Å². The maximum Gasteiger partial charge on any atom is 0.225 e. The van der Waals surface area contributed by atoms with Gasteiger partial charge in [-0.1, -0.05) is 37.6 Å². The summed E-state index contributed by atoms with van der Waals surface area (Å²) in [6.07, 6.45) is 1.02. The molecule has 0 spiro atoms. The molecule has 0 aliphatic carbocycles. The molecule has 1 amide bonds. The van der Waals surface area contributed by atoms with E-state index >= 15 is 0 Å². The van der Waals surface area contributed by atoms with Crippen molar-refractivity contribution < 1.29 is 4.79 Å². The van der Waals surface area contributed by atoms with Crippen LogP contribution in [-0.2, 0) is 4.79 Å². The lowest BCUT2D eigenvalue weighted by atomic mass is 10.1. The number of nitrogens with zero attached hydrogens (tertiary/aromatic N) is 1. The minimum Gasteiger partial charge on any atom is -0.341 e. The second-order valence-corrected chi connectivity index (χ2v) is 6.30. The summed E-state index contributed by atoms with van der Waals surface area (Å²) in [6, 6.07) is 8.54. The van der Waals surface area contributed by atoms with E-state index in [9.17, 15) is 4.79 Å². The van der Waals surface area contributed by atoms with Crippen LogP contribution in [-0.4, -0.2) is 29.9 Å². The molecule has 1 N–H and O–H groups in total. The van der Waals surface area contributed by atoms with E-state index < -0.39 is 0 Å². The van der Waals surface area contributed by atoms with Crippen molar-refractivity contribution in [1.29, 1.82) is 0 Å². The van der Waals surface area contributed by atoms with Gasteiger partial charge in [0.15, 0.2) is 0 Å². The first-order chi connectivity index (χ1) is 9.47. The number of carbonyl (C=O) groups is 1. The molecule has 1 heterocycles. The van der Waals surface area contributed by atoms with Gasteiger partial charge >= 0.3 is 0 Å². The Kier molecular flexibility index (Phi) is 5.06. The summed E-state index contributed by atoms with van der Waals surface area (Å²) in [5, 5.41) is 4.36. The van der Waals surface area contributed by atoms with Gasteiger partial charge in [-0.15, -0.1) is 0 Å². The van der Waals surface area contributed by atoms with Crippen LogP contribution in [0.15, 0.2) is 24.3 Å². The fourth-order valence-electron chi connectivity index (χ4n) is 2.69. The number of hydrogen-bond acceptors (Lipinski definition) is 2. The molecular weight excluding hydrogens is 272 g/mol. The van der Waals surface area contributed by atoms with Crippen LogP contribution >= 0.6 is 11.6 Å². The molecule has 0 radical (unpaired) electrons. The first kappa shape index (κ1) is 15.3. The van der Waals surface area contributed by atoms with Crippen molar-refractivity contribution in [2.24, 2.45) is 5.92 Å². The maximum atomic E-state index is 12.0. The normalized spacial score (nSPS) is 20.4. The molecule has 1 aliphatic heterocycles. The molecule has 1 aliphatic rings. The molecule has 1 fully saturated rings. The first-order valence-corrected chi connectivity index (χ1v) is 7.65. The molecule has 20 heavy (non-hydrogen) atoms. The SMILES string of the molecule is CC(C)C(=O)N1CC[C@@H](N[C@@H](C)c2cccc(Cl)c2)C1. The zero-order valence-corrected chi connectivity index (χ0v) is 13.2. The smallest absolute Gasteiger partial charge is 0.225 e. The van der Waals surface area contributed by atoms with Gasteiger partial charge in [-0.05, 0) is 31.0 Å². The minimum atomic E-state index is 0.0825. The number of hydrogen-bond donors (Lipinski definition) is 1. The molecule has 2 rings (SSSR count). The van der Waals surface area contributed by atoms with Crippen molar-refractivity contribution in [1.82, 2.24) is 10.2 Å². The van der Waals surface area contributed by atoms with Gasteiger partial charge in [0.1, 0.15) is 0 Å². The number of carbonyl (C=O) groups excluding carboxylic acids is 1. The number of rotatable bonds is 4. The fourth-order valence-corrected chi connectivity index (χ4v) is 2.89. The Morgan fingerprint density at radius 2 is 2.15 bits per heavy atom. The van der Waals surface area contributed by atoms with Gasteiger partial charge < -0.3 is 10.2 Å². The molecule has 1 aromatic carbocycles. The van der Waals surface area contributed by atoms with Gasteiger partial charge in [0.2, 0.25) is 5.91 Å². The van der Waals surface area contributed by atoms with E-state index in [4.69, 9.17) is 11.6 Å². The summed E-state index contributed by atoms with van der Waals surface area (Å²) in [6.45, 7) is 7.72. The molecule has 110 valence electrons. The molecule has 1 aromatic rings. The molecule has 1 saturated heterocycles. The average Bonchev–Trinajstić information content (AvgIpc) is 2.86. The second kappa shape index (κ2) is 6.59. The second-order valence-electron chi connectivity index (χ2n) is 5.87. The highest BCUT2D eigenvalue weighted by molar-refractivity contribution is 6.30. The third kappa shape index (κ3) is 3.74. The monoisotopic (exact) mass is 294 g/mol. The van der Waals surface area contributed by atoms with Crippen LogP contribution in [0.5, 0.6) is 0 Å². The highest BCUT2D eigenvalue weighted by atomic mass is 35.5. The number of benzene rings is 1. The van der Waals surface area contributed by atoms with Crippen LogP contribution in [0.25, 0.3) is 0 Å². The minimum absolute atomic E-state index is 0.0825. The van der Waals surface area contributed by atoms with E-state index in [0.29, 0.717) is 6.04 Å². The number of nitrogens with one attached hydrogen (secondary N) is 1. The molecule has 4 heteroatoms. The van der Waals surface area contributed by atoms with Crippen molar-refractivity contribution in [3.63, 3.8) is 0 Å². The van der Waals surface area contributed by atoms with E-state index in [1.165, 1.54) is 5.56 Å². The summed E-state index contributed by atoms with van der Waals surface area (Å²) in [7, 11) is 0. The van der Waals surface area contributed by atoms with Gasteiger partial charge in [-0.25, -0.2) is 0 Å². The Morgan fingerprint density at radius 1 is 1.40 bits per heavy atom. The van der Waals surface area contributed by atoms with Crippen LogP contribution in [0.1, 0.15) is 38.8 Å². The van der Waals surface area contributed by atoms with E-state index in [1.807, 2.05) is 36.9 Å². The third-order valence-electron chi connectivity index (χ3n) is 3.83. The lowest BCUT2D eigenvalue weighted by Gasteiger charge is -2.22. The summed E-state index contributed by atoms with van der Waals surface area (Å²) in [4.78, 5) is 13.9. The first-order valence-electron chi connectivity index (χ1n) is 7.27. The van der Waals surface area contributed by atoms with Crippen molar-refractivity contribution in [2.75, 3.05) is 13.1 Å². The predicted molar refractivity (Wildman–Crippen MR) is 82.8 cm³/mol. The van der Waals surface area contributed by atoms with Gasteiger partial charge in [0.25, 0.3) is 0 Å². The topological polar surface area (TPSA) is 32.3 Å². The molecule has 0 aromatic heterocycles. The standard InChI is InChI=1S/C16H23ClN2O/c1-11(2)16(20)19-8-7-15(10-19)18-12(3)13-5-4-6-14(17)9-13/h4-6,9,11-12,15,18H,7-8,10H2,1-3H3/t12-,15+/m0/s1. The molecule has 0 saturated carbocycles. The summed E-state index contributed by atoms with van der Waals surface area (Å²) in [5.41, 5.74) is 1.19. The fraction of sp³-hybridized carbons (Fsp3) is 0.562. The van der Waals surface area contributed by atoms with Crippen LogP contribution in [0.3, 0.4) is 0 Å². The molecule has 2 atom stereocenters. The van der Waals surface area contributed by atoms with E-state index in [1.54, 1.807) is 0 Å². The zero-order chi connectivity index (χ0) is 14.7. The predicted octanol–water partition coefficient (Wildman–Crippen LogP) is 3.25. The molecule has 0 bridgehead atoms. The van der Waals surface area contributed by atoms with Gasteiger partial charge in [-0.2, -0.15) is 0 Å². The molecule has 3 nitrogen and oxygen atoms in total. The Hall–Kier alpha value is -1.06. The summed E-state index contributed by atoms with van der Waals surface area (Å²) < 4.78 is 0. The van der Waals surface area contributed by atoms with Crippen LogP contribution < -0.4 is 5.32 Å². The average molecular weight is 295 g/mol. The van der Waals surface area contributed by atoms with Gasteiger partial charge in [0, 0.05) is 36.1 Å². The lowest BCUT2D eigenvalue weighted by Crippen LogP contribution is -2.37. The quantitative estimate of drug-likeness (QED) is 0.924. The maximum absolute atomic E-state index is 12.0. The third-order valence-corrected chi connectivity index (χ3v) is 4.06. The van der Waals surface area contributed by atoms with Crippen LogP contribution in [0.2, 0.25) is 5.02 Å². The van der Waals surface area contributed by atoms with Crippen molar-refractivity contribution >= 4 is 17.5 Å². The summed E-state index contributed by atoms with van der Waals surface area (Å²) >= 11 is 6.02. The van der Waals surface area contributed by atoms with E-state index in [2.05, 4.69) is 18.3 Å². The Balaban J connectivity index is 1.90. The number of halogens is 1. The van der Waals surface area contributed by atoms with Crippen molar-refractivity contribution in [3.05, 3.63) is 34.9 Å². The van der Waals surface area contributed by atoms with Crippen LogP contribution in [0, 0.1) is 5.92 Å². The molecule has 0 unspecified atom stereocenters. The van der Waals surface area contributed by atoms with Gasteiger partial charge in [-0.3, -0.25) is 4.79 Å². The number of amides is 1. The zero-order valence-electron chi connectivity index (χ0n) is 12.4. The highest BCUT2D eigenvalue weighted by Gasteiger charge is 2.28. The van der Waals surface area contributed by atoms with Crippen molar-refractivity contribution in [3.8, 4) is 0 Å². The lowest BCUT2D eigenvalue weighted by molar-refractivity contribution is -0.133. The van der Waals surface area contributed by atoms with E-state index in [-0.39, 0.29) is 17.9 Å². The van der Waals surface area contributed by atoms with E-state index in [0.717, 1.165) is 24.5 Å². The molecular formula is C16H23ClN2O. The Morgan fingerprint density at radius 3 is 2.80 bits per heavy atom. The Labute approximate surface area is 126 Å².